The second-order valence-electron chi connectivity index (χ2n) is 2.95. The smallest absolute Gasteiger partial charge is 0.0587 e. The van der Waals surface area contributed by atoms with Crippen molar-refractivity contribution in [1.29, 1.82) is 0 Å². The van der Waals surface area contributed by atoms with Gasteiger partial charge in [-0.1, -0.05) is 29.8 Å². The predicted octanol–water partition coefficient (Wildman–Crippen LogP) is 1.64. The molecule has 0 saturated carbocycles. The van der Waals surface area contributed by atoms with Crippen LogP contribution in [0.2, 0.25) is 0 Å². The fourth-order valence-electron chi connectivity index (χ4n) is 0.815. The van der Waals surface area contributed by atoms with Crippen LogP contribution in [-0.2, 0) is 4.74 Å². The largest absolute Gasteiger partial charge is 0.383 e. The zero-order valence-corrected chi connectivity index (χ0v) is 9.15. The third-order valence-electron chi connectivity index (χ3n) is 1.68. The first-order valence-corrected chi connectivity index (χ1v) is 5.12. The summed E-state index contributed by atoms with van der Waals surface area (Å²) in [6.07, 6.45) is 0. The molecular formula is C8H18BrNO. The molecule has 1 unspecified atom stereocenters. The second kappa shape index (κ2) is 7.07. The summed E-state index contributed by atoms with van der Waals surface area (Å²) in [6.45, 7) is 6.15. The van der Waals surface area contributed by atoms with Crippen molar-refractivity contribution < 1.29 is 4.74 Å². The predicted molar refractivity (Wildman–Crippen MR) is 52.3 cm³/mol. The van der Waals surface area contributed by atoms with Crippen LogP contribution in [0.3, 0.4) is 0 Å². The highest BCUT2D eigenvalue weighted by Crippen LogP contribution is 2.03. The first-order valence-electron chi connectivity index (χ1n) is 4.00. The van der Waals surface area contributed by atoms with Gasteiger partial charge in [0.25, 0.3) is 0 Å². The summed E-state index contributed by atoms with van der Waals surface area (Å²) in [5, 5.41) is 4.41. The van der Waals surface area contributed by atoms with Crippen LogP contribution in [0.4, 0.5) is 0 Å². The van der Waals surface area contributed by atoms with E-state index in [9.17, 15) is 0 Å². The normalized spacial score (nSPS) is 13.9. The minimum absolute atomic E-state index is 0.560. The molecule has 1 atom stereocenters. The standard InChI is InChI=1S/C8H18BrNO/c1-7(2)8(6-9)10-4-5-11-3/h7-8,10H,4-6H2,1-3H3. The third-order valence-corrected chi connectivity index (χ3v) is 2.38. The zero-order chi connectivity index (χ0) is 8.69. The quantitative estimate of drug-likeness (QED) is 0.547. The molecule has 0 spiro atoms. The van der Waals surface area contributed by atoms with E-state index in [0.717, 1.165) is 18.5 Å². The summed E-state index contributed by atoms with van der Waals surface area (Å²) in [5.74, 6) is 0.672. The van der Waals surface area contributed by atoms with Crippen molar-refractivity contribution in [2.75, 3.05) is 25.6 Å². The molecule has 0 fully saturated rings. The Bertz CT molecular complexity index is 88.2. The summed E-state index contributed by atoms with van der Waals surface area (Å²) in [5.41, 5.74) is 0. The van der Waals surface area contributed by atoms with Crippen molar-refractivity contribution in [3.05, 3.63) is 0 Å². The maximum atomic E-state index is 4.94. The maximum Gasteiger partial charge on any atom is 0.0587 e. The molecular weight excluding hydrogens is 206 g/mol. The summed E-state index contributed by atoms with van der Waals surface area (Å²) in [7, 11) is 1.72. The molecule has 11 heavy (non-hydrogen) atoms. The van der Waals surface area contributed by atoms with Crippen molar-refractivity contribution >= 4 is 15.9 Å². The van der Waals surface area contributed by atoms with Crippen molar-refractivity contribution in [3.8, 4) is 0 Å². The monoisotopic (exact) mass is 223 g/mol. The molecule has 0 heterocycles. The van der Waals surface area contributed by atoms with Crippen molar-refractivity contribution in [1.82, 2.24) is 5.32 Å². The molecule has 0 aliphatic rings. The maximum absolute atomic E-state index is 4.94. The Kier molecular flexibility index (Phi) is 7.33. The Hall–Kier alpha value is 0.400. The van der Waals surface area contributed by atoms with E-state index in [0.29, 0.717) is 12.0 Å². The number of ether oxygens (including phenoxy) is 1. The van der Waals surface area contributed by atoms with Gasteiger partial charge in [-0.25, -0.2) is 0 Å². The summed E-state index contributed by atoms with van der Waals surface area (Å²) in [4.78, 5) is 0. The van der Waals surface area contributed by atoms with Gasteiger partial charge in [0, 0.05) is 25.0 Å². The van der Waals surface area contributed by atoms with E-state index < -0.39 is 0 Å². The lowest BCUT2D eigenvalue weighted by Gasteiger charge is -2.19. The lowest BCUT2D eigenvalue weighted by atomic mass is 10.1. The fraction of sp³-hybridized carbons (Fsp3) is 1.00. The van der Waals surface area contributed by atoms with Crippen molar-refractivity contribution in [2.24, 2.45) is 5.92 Å². The van der Waals surface area contributed by atoms with Crippen LogP contribution in [0.5, 0.6) is 0 Å². The Morgan fingerprint density at radius 1 is 1.45 bits per heavy atom. The van der Waals surface area contributed by atoms with Crippen molar-refractivity contribution in [2.45, 2.75) is 19.9 Å². The summed E-state index contributed by atoms with van der Waals surface area (Å²) < 4.78 is 4.94. The molecule has 0 aliphatic carbocycles. The molecule has 0 radical (unpaired) electrons. The van der Waals surface area contributed by atoms with Crippen LogP contribution >= 0.6 is 15.9 Å². The topological polar surface area (TPSA) is 21.3 Å². The molecule has 3 heteroatoms. The lowest BCUT2D eigenvalue weighted by molar-refractivity contribution is 0.194. The van der Waals surface area contributed by atoms with Crippen LogP contribution < -0.4 is 5.32 Å². The van der Waals surface area contributed by atoms with Gasteiger partial charge in [-0.3, -0.25) is 0 Å². The highest BCUT2D eigenvalue weighted by Gasteiger charge is 2.09. The van der Waals surface area contributed by atoms with E-state index in [2.05, 4.69) is 35.1 Å². The van der Waals surface area contributed by atoms with Gasteiger partial charge in [-0.15, -0.1) is 0 Å². The Morgan fingerprint density at radius 3 is 2.45 bits per heavy atom. The number of nitrogens with one attached hydrogen (secondary N) is 1. The van der Waals surface area contributed by atoms with Gasteiger partial charge in [-0.05, 0) is 5.92 Å². The van der Waals surface area contributed by atoms with Crippen LogP contribution in [-0.4, -0.2) is 31.6 Å². The lowest BCUT2D eigenvalue weighted by Crippen LogP contribution is -2.37. The van der Waals surface area contributed by atoms with E-state index in [1.807, 2.05) is 0 Å². The summed E-state index contributed by atoms with van der Waals surface area (Å²) >= 11 is 3.47. The number of methoxy groups -OCH3 is 1. The molecule has 1 N–H and O–H groups in total. The highest BCUT2D eigenvalue weighted by atomic mass is 79.9. The molecule has 0 bridgehead atoms. The zero-order valence-electron chi connectivity index (χ0n) is 7.56. The van der Waals surface area contributed by atoms with Gasteiger partial charge in [0.05, 0.1) is 6.61 Å². The SMILES string of the molecule is COCCNC(CBr)C(C)C. The molecule has 0 rings (SSSR count). The van der Waals surface area contributed by atoms with Gasteiger partial charge < -0.3 is 10.1 Å². The van der Waals surface area contributed by atoms with Crippen LogP contribution in [0.15, 0.2) is 0 Å². The molecule has 0 aromatic heterocycles. The van der Waals surface area contributed by atoms with Gasteiger partial charge in [0.1, 0.15) is 0 Å². The third kappa shape index (κ3) is 5.65. The van der Waals surface area contributed by atoms with Crippen molar-refractivity contribution in [3.63, 3.8) is 0 Å². The molecule has 0 aliphatic heterocycles. The van der Waals surface area contributed by atoms with E-state index in [1.165, 1.54) is 0 Å². The number of halogens is 1. The first-order chi connectivity index (χ1) is 5.22. The van der Waals surface area contributed by atoms with Gasteiger partial charge in [0.15, 0.2) is 0 Å². The number of rotatable bonds is 6. The number of hydrogen-bond donors (Lipinski definition) is 1. The average molecular weight is 224 g/mol. The number of hydrogen-bond acceptors (Lipinski definition) is 2. The minimum atomic E-state index is 0.560. The average Bonchev–Trinajstić information content (AvgIpc) is 1.97. The van der Waals surface area contributed by atoms with E-state index in [-0.39, 0.29) is 0 Å². The highest BCUT2D eigenvalue weighted by molar-refractivity contribution is 9.09. The number of alkyl halides is 1. The van der Waals surface area contributed by atoms with E-state index in [1.54, 1.807) is 7.11 Å². The molecule has 0 aromatic carbocycles. The Labute approximate surface area is 77.8 Å². The molecule has 0 aromatic rings. The Balaban J connectivity index is 3.36. The van der Waals surface area contributed by atoms with Crippen LogP contribution in [0.25, 0.3) is 0 Å². The minimum Gasteiger partial charge on any atom is -0.383 e. The first kappa shape index (κ1) is 11.4. The van der Waals surface area contributed by atoms with E-state index in [4.69, 9.17) is 4.74 Å². The molecule has 0 amide bonds. The Morgan fingerprint density at radius 2 is 2.09 bits per heavy atom. The van der Waals surface area contributed by atoms with Gasteiger partial charge >= 0.3 is 0 Å². The fourth-order valence-corrected chi connectivity index (χ4v) is 1.79. The van der Waals surface area contributed by atoms with Crippen LogP contribution in [0.1, 0.15) is 13.8 Å². The summed E-state index contributed by atoms with van der Waals surface area (Å²) in [6, 6.07) is 0.560. The van der Waals surface area contributed by atoms with Gasteiger partial charge in [-0.2, -0.15) is 0 Å². The second-order valence-corrected chi connectivity index (χ2v) is 3.60. The van der Waals surface area contributed by atoms with E-state index >= 15 is 0 Å². The molecule has 0 saturated heterocycles. The molecule has 2 nitrogen and oxygen atoms in total. The van der Waals surface area contributed by atoms with Crippen LogP contribution in [0, 0.1) is 5.92 Å². The van der Waals surface area contributed by atoms with Gasteiger partial charge in [0.2, 0.25) is 0 Å². The molecule has 68 valence electrons.